The first kappa shape index (κ1) is 24.2. The van der Waals surface area contributed by atoms with E-state index in [-0.39, 0.29) is 24.2 Å². The lowest BCUT2D eigenvalue weighted by Crippen LogP contribution is -2.48. The molecule has 5 fully saturated rings. The molecular formula is C33H37NO4. The highest BCUT2D eigenvalue weighted by atomic mass is 16.8. The first-order valence-corrected chi connectivity index (χ1v) is 14.5. The Morgan fingerprint density at radius 2 is 1.58 bits per heavy atom. The zero-order valence-corrected chi connectivity index (χ0v) is 22.0. The van der Waals surface area contributed by atoms with Crippen LogP contribution in [-0.2, 0) is 19.8 Å². The van der Waals surface area contributed by atoms with Crippen LogP contribution in [-0.4, -0.2) is 25.4 Å². The Morgan fingerprint density at radius 3 is 2.32 bits per heavy atom. The van der Waals surface area contributed by atoms with Gasteiger partial charge in [0, 0.05) is 18.6 Å². The molecule has 4 saturated carbocycles. The van der Waals surface area contributed by atoms with E-state index in [0.29, 0.717) is 6.61 Å². The molecule has 1 saturated heterocycles. The van der Waals surface area contributed by atoms with Crippen LogP contribution in [0.3, 0.4) is 0 Å². The van der Waals surface area contributed by atoms with Crippen LogP contribution in [0, 0.1) is 17.8 Å². The summed E-state index contributed by atoms with van der Waals surface area (Å²) in [6.07, 6.45) is 10.4. The average molecular weight is 512 g/mol. The van der Waals surface area contributed by atoms with Crippen molar-refractivity contribution in [3.05, 3.63) is 66.2 Å². The molecule has 4 aliphatic carbocycles. The van der Waals surface area contributed by atoms with E-state index in [2.05, 4.69) is 66.1 Å². The molecule has 198 valence electrons. The van der Waals surface area contributed by atoms with Gasteiger partial charge in [-0.15, -0.1) is 0 Å². The third-order valence-electron chi connectivity index (χ3n) is 9.47. The van der Waals surface area contributed by atoms with Gasteiger partial charge in [0.1, 0.15) is 5.75 Å². The Bertz CT molecular complexity index is 1290. The smallest absolute Gasteiger partial charge is 0.281 e. The second kappa shape index (κ2) is 10.0. The molecule has 1 aliphatic heterocycles. The summed E-state index contributed by atoms with van der Waals surface area (Å²) in [5.74, 6) is 3.04. The van der Waals surface area contributed by atoms with Crippen molar-refractivity contribution >= 4 is 16.7 Å². The zero-order chi connectivity index (χ0) is 25.5. The second-order valence-electron chi connectivity index (χ2n) is 12.2. The Labute approximate surface area is 224 Å². The standard InChI is InChI=1S/C33H37NO4/c35-31(34-38-32-7-3-4-12-36-32)21-37-30-11-10-28(27-9-8-25-5-1-2-6-26(25)16-27)17-29(30)33-18-22-13-23(19-33)15-24(14-22)20-33/h1-2,5-6,8-11,16-17,22-24,32H,3-4,7,12-15,18-21H2,(H,34,35). The van der Waals surface area contributed by atoms with Gasteiger partial charge in [0.25, 0.3) is 5.91 Å². The van der Waals surface area contributed by atoms with Crippen LogP contribution >= 0.6 is 0 Å². The minimum atomic E-state index is -0.364. The quantitative estimate of drug-likeness (QED) is 0.350. The average Bonchev–Trinajstić information content (AvgIpc) is 2.94. The summed E-state index contributed by atoms with van der Waals surface area (Å²) in [5, 5.41) is 2.50. The summed E-state index contributed by atoms with van der Waals surface area (Å²) >= 11 is 0. The van der Waals surface area contributed by atoms with E-state index in [1.807, 2.05) is 0 Å². The topological polar surface area (TPSA) is 56.8 Å². The molecule has 4 bridgehead atoms. The molecule has 1 unspecified atom stereocenters. The van der Waals surface area contributed by atoms with Gasteiger partial charge in [0.05, 0.1) is 0 Å². The Kier molecular flexibility index (Phi) is 6.37. The van der Waals surface area contributed by atoms with Gasteiger partial charge in [-0.05, 0) is 115 Å². The first-order chi connectivity index (χ1) is 18.6. The summed E-state index contributed by atoms with van der Waals surface area (Å²) in [5.41, 5.74) is 6.43. The molecule has 5 heteroatoms. The van der Waals surface area contributed by atoms with Crippen LogP contribution in [0.2, 0.25) is 0 Å². The summed E-state index contributed by atoms with van der Waals surface area (Å²) < 4.78 is 11.8. The van der Waals surface area contributed by atoms with Gasteiger partial charge in [-0.1, -0.05) is 42.5 Å². The van der Waals surface area contributed by atoms with Crippen molar-refractivity contribution in [2.75, 3.05) is 13.2 Å². The van der Waals surface area contributed by atoms with Crippen molar-refractivity contribution in [2.45, 2.75) is 69.5 Å². The van der Waals surface area contributed by atoms with E-state index in [4.69, 9.17) is 14.3 Å². The number of amides is 1. The van der Waals surface area contributed by atoms with Crippen molar-refractivity contribution in [1.29, 1.82) is 0 Å². The van der Waals surface area contributed by atoms with E-state index >= 15 is 0 Å². The largest absolute Gasteiger partial charge is 0.483 e. The van der Waals surface area contributed by atoms with Crippen molar-refractivity contribution in [2.24, 2.45) is 17.8 Å². The van der Waals surface area contributed by atoms with E-state index in [0.717, 1.165) is 42.8 Å². The van der Waals surface area contributed by atoms with Crippen molar-refractivity contribution < 1.29 is 19.1 Å². The summed E-state index contributed by atoms with van der Waals surface area (Å²) in [6.45, 7) is 0.608. The number of nitrogens with one attached hydrogen (secondary N) is 1. The molecule has 0 aromatic heterocycles. The van der Waals surface area contributed by atoms with E-state index in [9.17, 15) is 4.79 Å². The van der Waals surface area contributed by atoms with Crippen LogP contribution in [0.4, 0.5) is 0 Å². The van der Waals surface area contributed by atoms with E-state index < -0.39 is 0 Å². The number of hydroxylamine groups is 1. The number of hydrogen-bond donors (Lipinski definition) is 1. The Morgan fingerprint density at radius 1 is 0.868 bits per heavy atom. The predicted molar refractivity (Wildman–Crippen MR) is 148 cm³/mol. The Balaban J connectivity index is 1.17. The molecule has 0 spiro atoms. The number of carbonyl (C=O) groups excluding carboxylic acids is 1. The van der Waals surface area contributed by atoms with Gasteiger partial charge in [-0.3, -0.25) is 4.79 Å². The number of ether oxygens (including phenoxy) is 2. The van der Waals surface area contributed by atoms with Crippen molar-refractivity contribution in [1.82, 2.24) is 5.48 Å². The van der Waals surface area contributed by atoms with E-state index in [1.54, 1.807) is 0 Å². The molecule has 8 rings (SSSR count). The van der Waals surface area contributed by atoms with Crippen LogP contribution < -0.4 is 10.2 Å². The minimum absolute atomic E-state index is 0.0680. The predicted octanol–water partition coefficient (Wildman–Crippen LogP) is 6.93. The fourth-order valence-electron chi connectivity index (χ4n) is 8.17. The minimum Gasteiger partial charge on any atom is -0.483 e. The lowest BCUT2D eigenvalue weighted by atomic mass is 9.48. The van der Waals surface area contributed by atoms with Crippen molar-refractivity contribution in [3.8, 4) is 16.9 Å². The molecule has 3 aromatic carbocycles. The summed E-state index contributed by atoms with van der Waals surface area (Å²) in [6, 6.07) is 21.8. The molecule has 0 radical (unpaired) electrons. The highest BCUT2D eigenvalue weighted by Gasteiger charge is 2.52. The fourth-order valence-corrected chi connectivity index (χ4v) is 8.17. The number of carbonyl (C=O) groups is 1. The van der Waals surface area contributed by atoms with Gasteiger partial charge in [-0.25, -0.2) is 10.3 Å². The van der Waals surface area contributed by atoms with Crippen LogP contribution in [0.15, 0.2) is 60.7 Å². The third-order valence-corrected chi connectivity index (χ3v) is 9.47. The molecule has 1 atom stereocenters. The number of hydrogen-bond acceptors (Lipinski definition) is 4. The first-order valence-electron chi connectivity index (χ1n) is 14.5. The van der Waals surface area contributed by atoms with Crippen LogP contribution in [0.1, 0.15) is 63.4 Å². The SMILES string of the molecule is O=C(COc1ccc(-c2ccc3ccccc3c2)cc1C12CC3CC(CC(C3)C1)C2)NOC1CCCCO1. The molecule has 5 nitrogen and oxygen atoms in total. The van der Waals surface area contributed by atoms with Crippen LogP contribution in [0.5, 0.6) is 5.75 Å². The van der Waals surface area contributed by atoms with Gasteiger partial charge in [0.15, 0.2) is 12.9 Å². The van der Waals surface area contributed by atoms with Gasteiger partial charge in [0.2, 0.25) is 0 Å². The third kappa shape index (κ3) is 4.71. The summed E-state index contributed by atoms with van der Waals surface area (Å²) in [4.78, 5) is 18.1. The lowest BCUT2D eigenvalue weighted by Gasteiger charge is -2.57. The molecular weight excluding hydrogens is 474 g/mol. The van der Waals surface area contributed by atoms with Gasteiger partial charge in [-0.2, -0.15) is 0 Å². The number of rotatable bonds is 7. The fraction of sp³-hybridized carbons (Fsp3) is 0.485. The maximum Gasteiger partial charge on any atom is 0.281 e. The molecule has 1 N–H and O–H groups in total. The monoisotopic (exact) mass is 511 g/mol. The second-order valence-corrected chi connectivity index (χ2v) is 12.2. The molecule has 5 aliphatic rings. The maximum absolute atomic E-state index is 12.6. The number of fused-ring (bicyclic) bond motifs is 1. The van der Waals surface area contributed by atoms with Gasteiger partial charge >= 0.3 is 0 Å². The Hall–Kier alpha value is -2.89. The number of benzene rings is 3. The van der Waals surface area contributed by atoms with Crippen molar-refractivity contribution in [3.63, 3.8) is 0 Å². The molecule has 38 heavy (non-hydrogen) atoms. The zero-order valence-electron chi connectivity index (χ0n) is 22.0. The summed E-state index contributed by atoms with van der Waals surface area (Å²) in [7, 11) is 0. The lowest BCUT2D eigenvalue weighted by molar-refractivity contribution is -0.201. The van der Waals surface area contributed by atoms with Gasteiger partial charge < -0.3 is 9.47 Å². The van der Waals surface area contributed by atoms with E-state index in [1.165, 1.54) is 66.0 Å². The molecule has 1 heterocycles. The molecule has 1 amide bonds. The highest BCUT2D eigenvalue weighted by Crippen LogP contribution is 2.62. The van der Waals surface area contributed by atoms with Crippen LogP contribution in [0.25, 0.3) is 21.9 Å². The maximum atomic E-state index is 12.6. The highest BCUT2D eigenvalue weighted by molar-refractivity contribution is 5.87. The normalized spacial score (nSPS) is 29.9. The molecule has 3 aromatic rings.